The van der Waals surface area contributed by atoms with Gasteiger partial charge in [0.05, 0.1) is 18.2 Å². The Morgan fingerprint density at radius 2 is 1.89 bits per heavy atom. The zero-order chi connectivity index (χ0) is 19.3. The van der Waals surface area contributed by atoms with Crippen molar-refractivity contribution in [1.82, 2.24) is 9.88 Å². The first-order valence-corrected chi connectivity index (χ1v) is 9.76. The predicted molar refractivity (Wildman–Crippen MR) is 108 cm³/mol. The minimum atomic E-state index is -0.270. The molecule has 2 aromatic carbocycles. The van der Waals surface area contributed by atoms with Crippen LogP contribution in [0.25, 0.3) is 11.3 Å². The largest absolute Gasteiger partial charge is 0.335 e. The molecule has 4 heteroatoms. The third-order valence-corrected chi connectivity index (χ3v) is 5.31. The predicted octanol–water partition coefficient (Wildman–Crippen LogP) is 5.18. The van der Waals surface area contributed by atoms with Gasteiger partial charge in [0.15, 0.2) is 0 Å². The van der Waals surface area contributed by atoms with E-state index >= 15 is 0 Å². The quantitative estimate of drug-likeness (QED) is 0.630. The van der Waals surface area contributed by atoms with Crippen molar-refractivity contribution in [2.75, 3.05) is 6.54 Å². The molecule has 1 aliphatic heterocycles. The molecule has 0 N–H and O–H groups in total. The Labute approximate surface area is 164 Å². The van der Waals surface area contributed by atoms with Crippen molar-refractivity contribution in [1.29, 1.82) is 0 Å². The third-order valence-electron chi connectivity index (χ3n) is 5.31. The van der Waals surface area contributed by atoms with Gasteiger partial charge in [0.2, 0.25) is 5.91 Å². The highest BCUT2D eigenvalue weighted by Crippen LogP contribution is 2.32. The fourth-order valence-electron chi connectivity index (χ4n) is 3.87. The lowest BCUT2D eigenvalue weighted by molar-refractivity contribution is -0.134. The molecule has 28 heavy (non-hydrogen) atoms. The van der Waals surface area contributed by atoms with Gasteiger partial charge >= 0.3 is 0 Å². The van der Waals surface area contributed by atoms with Gasteiger partial charge in [-0.3, -0.25) is 9.78 Å². The van der Waals surface area contributed by atoms with E-state index in [0.29, 0.717) is 6.42 Å². The minimum absolute atomic E-state index is 0.0546. The number of nitrogens with zero attached hydrogens (tertiary/aromatic N) is 2. The average Bonchev–Trinajstić information content (AvgIpc) is 2.74. The van der Waals surface area contributed by atoms with Crippen molar-refractivity contribution < 1.29 is 9.18 Å². The Morgan fingerprint density at radius 3 is 2.64 bits per heavy atom. The summed E-state index contributed by atoms with van der Waals surface area (Å²) >= 11 is 0. The molecule has 1 fully saturated rings. The van der Waals surface area contributed by atoms with E-state index < -0.39 is 0 Å². The van der Waals surface area contributed by atoms with Crippen molar-refractivity contribution in [3.63, 3.8) is 0 Å². The van der Waals surface area contributed by atoms with Crippen LogP contribution in [0.1, 0.15) is 36.4 Å². The van der Waals surface area contributed by atoms with Crippen molar-refractivity contribution in [3.05, 3.63) is 89.9 Å². The van der Waals surface area contributed by atoms with Gasteiger partial charge in [0.1, 0.15) is 5.82 Å². The molecule has 2 heterocycles. The smallest absolute Gasteiger partial charge is 0.227 e. The molecule has 0 unspecified atom stereocenters. The summed E-state index contributed by atoms with van der Waals surface area (Å²) in [5, 5.41) is 0. The van der Waals surface area contributed by atoms with E-state index in [0.717, 1.165) is 48.2 Å². The molecule has 1 amide bonds. The van der Waals surface area contributed by atoms with Crippen molar-refractivity contribution in [3.8, 4) is 11.3 Å². The summed E-state index contributed by atoms with van der Waals surface area (Å²) in [4.78, 5) is 19.5. The SMILES string of the molecule is O=C(Cc1ccccc1)N1CCCC[C@@H]1c1ccc(-c2cccc(F)c2)nc1. The summed E-state index contributed by atoms with van der Waals surface area (Å²) in [6, 6.07) is 20.3. The van der Waals surface area contributed by atoms with Crippen molar-refractivity contribution in [2.24, 2.45) is 0 Å². The number of hydrogen-bond acceptors (Lipinski definition) is 2. The second-order valence-corrected chi connectivity index (χ2v) is 7.25. The summed E-state index contributed by atoms with van der Waals surface area (Å²) in [5.41, 5.74) is 3.58. The maximum atomic E-state index is 13.5. The van der Waals surface area contributed by atoms with E-state index in [9.17, 15) is 9.18 Å². The van der Waals surface area contributed by atoms with Crippen LogP contribution in [0.2, 0.25) is 0 Å². The van der Waals surface area contributed by atoms with E-state index in [1.165, 1.54) is 12.1 Å². The number of carbonyl (C=O) groups is 1. The van der Waals surface area contributed by atoms with E-state index in [1.807, 2.05) is 59.6 Å². The zero-order valence-corrected chi connectivity index (χ0v) is 15.7. The molecule has 4 rings (SSSR count). The summed E-state index contributed by atoms with van der Waals surface area (Å²) in [6.45, 7) is 0.780. The van der Waals surface area contributed by atoms with Crippen LogP contribution in [0.3, 0.4) is 0 Å². The fourth-order valence-corrected chi connectivity index (χ4v) is 3.87. The number of halogens is 1. The molecule has 1 saturated heterocycles. The number of hydrogen-bond donors (Lipinski definition) is 0. The van der Waals surface area contributed by atoms with Gasteiger partial charge in [-0.05, 0) is 48.6 Å². The molecule has 1 aromatic heterocycles. The lowest BCUT2D eigenvalue weighted by atomic mass is 9.95. The first kappa shape index (κ1) is 18.4. The second-order valence-electron chi connectivity index (χ2n) is 7.25. The van der Waals surface area contributed by atoms with Crippen LogP contribution in [-0.4, -0.2) is 22.3 Å². The van der Waals surface area contributed by atoms with Gasteiger partial charge in [0.25, 0.3) is 0 Å². The zero-order valence-electron chi connectivity index (χ0n) is 15.7. The Morgan fingerprint density at radius 1 is 1.04 bits per heavy atom. The van der Waals surface area contributed by atoms with Gasteiger partial charge in [0, 0.05) is 18.3 Å². The van der Waals surface area contributed by atoms with Crippen molar-refractivity contribution in [2.45, 2.75) is 31.7 Å². The number of piperidine rings is 1. The number of amides is 1. The summed E-state index contributed by atoms with van der Waals surface area (Å²) < 4.78 is 13.5. The van der Waals surface area contributed by atoms with Gasteiger partial charge < -0.3 is 4.90 Å². The normalized spacial score (nSPS) is 16.8. The molecule has 0 spiro atoms. The monoisotopic (exact) mass is 374 g/mol. The highest BCUT2D eigenvalue weighted by molar-refractivity contribution is 5.79. The topological polar surface area (TPSA) is 33.2 Å². The number of carbonyl (C=O) groups excluding carboxylic acids is 1. The van der Waals surface area contributed by atoms with E-state index in [4.69, 9.17) is 0 Å². The molecule has 3 aromatic rings. The molecule has 0 saturated carbocycles. The van der Waals surface area contributed by atoms with Crippen LogP contribution in [0.5, 0.6) is 0 Å². The fraction of sp³-hybridized carbons (Fsp3) is 0.250. The molecule has 1 atom stereocenters. The molecule has 0 aliphatic carbocycles. The summed E-state index contributed by atoms with van der Waals surface area (Å²) in [6.07, 6.45) is 5.34. The van der Waals surface area contributed by atoms with Gasteiger partial charge in [-0.2, -0.15) is 0 Å². The van der Waals surface area contributed by atoms with Crippen LogP contribution >= 0.6 is 0 Å². The van der Waals surface area contributed by atoms with Crippen LogP contribution in [0.4, 0.5) is 4.39 Å². The third kappa shape index (κ3) is 4.11. The number of pyridine rings is 1. The van der Waals surface area contributed by atoms with Crippen LogP contribution in [0.15, 0.2) is 72.9 Å². The molecule has 3 nitrogen and oxygen atoms in total. The van der Waals surface area contributed by atoms with E-state index in [1.54, 1.807) is 6.07 Å². The van der Waals surface area contributed by atoms with Gasteiger partial charge in [-0.25, -0.2) is 4.39 Å². The molecular weight excluding hydrogens is 351 g/mol. The van der Waals surface area contributed by atoms with E-state index in [2.05, 4.69) is 4.98 Å². The summed E-state index contributed by atoms with van der Waals surface area (Å²) in [7, 11) is 0. The second kappa shape index (κ2) is 8.34. The summed E-state index contributed by atoms with van der Waals surface area (Å²) in [5.74, 6) is -0.113. The molecule has 1 aliphatic rings. The molecule has 0 bridgehead atoms. The Bertz CT molecular complexity index is 940. The maximum absolute atomic E-state index is 13.5. The number of aromatic nitrogens is 1. The molecule has 0 radical (unpaired) electrons. The van der Waals surface area contributed by atoms with Crippen LogP contribution < -0.4 is 0 Å². The van der Waals surface area contributed by atoms with Crippen LogP contribution in [0, 0.1) is 5.82 Å². The number of benzene rings is 2. The first-order chi connectivity index (χ1) is 13.7. The Balaban J connectivity index is 1.53. The van der Waals surface area contributed by atoms with Gasteiger partial charge in [-0.15, -0.1) is 0 Å². The van der Waals surface area contributed by atoms with Crippen LogP contribution in [-0.2, 0) is 11.2 Å². The van der Waals surface area contributed by atoms with E-state index in [-0.39, 0.29) is 17.8 Å². The first-order valence-electron chi connectivity index (χ1n) is 9.76. The minimum Gasteiger partial charge on any atom is -0.335 e. The number of rotatable bonds is 4. The lowest BCUT2D eigenvalue weighted by Gasteiger charge is -2.36. The Hall–Kier alpha value is -3.01. The average molecular weight is 374 g/mol. The highest BCUT2D eigenvalue weighted by atomic mass is 19.1. The molecular formula is C24H23FN2O. The van der Waals surface area contributed by atoms with Gasteiger partial charge in [-0.1, -0.05) is 48.5 Å². The number of likely N-dealkylation sites (tertiary alicyclic amines) is 1. The standard InChI is InChI=1S/C24H23FN2O/c25-21-10-6-9-19(16-21)22-13-12-20(17-26-22)23-11-4-5-14-27(23)24(28)15-18-7-2-1-3-8-18/h1-3,6-10,12-13,16-17,23H,4-5,11,14-15H2/t23-/m1/s1. The highest BCUT2D eigenvalue weighted by Gasteiger charge is 2.28. The molecule has 142 valence electrons. The van der Waals surface area contributed by atoms with Crippen molar-refractivity contribution >= 4 is 5.91 Å². The Kier molecular flexibility index (Phi) is 5.47. The maximum Gasteiger partial charge on any atom is 0.227 e. The lowest BCUT2D eigenvalue weighted by Crippen LogP contribution is -2.39.